The summed E-state index contributed by atoms with van der Waals surface area (Å²) in [5.74, 6) is 0.834. The van der Waals surface area contributed by atoms with Crippen molar-refractivity contribution in [1.29, 1.82) is 0 Å². The van der Waals surface area contributed by atoms with Gasteiger partial charge in [-0.3, -0.25) is 0 Å². The molecule has 0 aliphatic heterocycles. The summed E-state index contributed by atoms with van der Waals surface area (Å²) in [6.45, 7) is 1.55. The van der Waals surface area contributed by atoms with Crippen LogP contribution in [0.4, 0.5) is 29.5 Å². The van der Waals surface area contributed by atoms with E-state index in [4.69, 9.17) is 22.1 Å². The van der Waals surface area contributed by atoms with Crippen LogP contribution in [0.15, 0.2) is 90.1 Å². The van der Waals surface area contributed by atoms with Crippen LogP contribution in [0.5, 0.6) is 5.75 Å². The highest BCUT2D eigenvalue weighted by atomic mass is 35.5. The minimum Gasteiger partial charge on any atom is -0.446 e. The van der Waals surface area contributed by atoms with Crippen molar-refractivity contribution in [2.24, 2.45) is 4.99 Å². The largest absolute Gasteiger partial charge is 0.446 e. The molecule has 4 rings (SSSR count). The molecular formula is C26H21ClF3N7O2. The normalized spacial score (nSPS) is 12.0. The second kappa shape index (κ2) is 11.7. The molecule has 2 aromatic carbocycles. The molecule has 0 radical (unpaired) electrons. The average molecular weight is 556 g/mol. The van der Waals surface area contributed by atoms with Crippen LogP contribution >= 0.6 is 11.6 Å². The van der Waals surface area contributed by atoms with Gasteiger partial charge in [-0.2, -0.15) is 18.3 Å². The summed E-state index contributed by atoms with van der Waals surface area (Å²) in [6, 6.07) is 12.5. The Balaban J connectivity index is 1.37. The van der Waals surface area contributed by atoms with Gasteiger partial charge in [0.15, 0.2) is 6.40 Å². The van der Waals surface area contributed by atoms with Gasteiger partial charge in [-0.25, -0.2) is 19.5 Å². The van der Waals surface area contributed by atoms with Gasteiger partial charge in [-0.15, -0.1) is 0 Å². The maximum absolute atomic E-state index is 13.2. The number of carbonyl (C=O) groups is 1. The van der Waals surface area contributed by atoms with Crippen molar-refractivity contribution in [3.8, 4) is 22.6 Å². The predicted octanol–water partition coefficient (Wildman–Crippen LogP) is 6.28. The maximum Gasteiger partial charge on any atom is 0.416 e. The van der Waals surface area contributed by atoms with E-state index in [1.165, 1.54) is 29.3 Å². The van der Waals surface area contributed by atoms with Crippen molar-refractivity contribution in [2.45, 2.75) is 13.1 Å². The molecule has 0 saturated carbocycles. The van der Waals surface area contributed by atoms with Gasteiger partial charge in [0.1, 0.15) is 11.6 Å². The second-order valence-electron chi connectivity index (χ2n) is 8.05. The number of ether oxygens (including phenoxy) is 1. The molecule has 0 bridgehead atoms. The van der Waals surface area contributed by atoms with Gasteiger partial charge < -0.3 is 21.1 Å². The topological polar surface area (TPSA) is 119 Å². The van der Waals surface area contributed by atoms with E-state index in [0.29, 0.717) is 27.9 Å². The molecule has 2 aromatic heterocycles. The summed E-state index contributed by atoms with van der Waals surface area (Å²) >= 11 is 5.99. The molecular weight excluding hydrogens is 535 g/mol. The Morgan fingerprint density at radius 1 is 1.18 bits per heavy atom. The predicted molar refractivity (Wildman–Crippen MR) is 143 cm³/mol. The number of hydrogen-bond acceptors (Lipinski definition) is 6. The van der Waals surface area contributed by atoms with Crippen LogP contribution in [0, 0.1) is 0 Å². The number of rotatable bonds is 7. The second-order valence-corrected chi connectivity index (χ2v) is 8.49. The molecule has 200 valence electrons. The number of halogens is 4. The van der Waals surface area contributed by atoms with Crippen LogP contribution in [0.1, 0.15) is 12.5 Å². The Kier molecular flexibility index (Phi) is 8.15. The number of anilines is 2. The molecule has 0 saturated heterocycles. The lowest BCUT2D eigenvalue weighted by Crippen LogP contribution is -2.28. The Hall–Kier alpha value is -4.84. The Morgan fingerprint density at radius 3 is 2.64 bits per heavy atom. The Labute approximate surface area is 225 Å². The fourth-order valence-electron chi connectivity index (χ4n) is 3.42. The first kappa shape index (κ1) is 27.2. The number of aliphatic imine (C=N–C) groups is 1. The van der Waals surface area contributed by atoms with E-state index in [1.54, 1.807) is 49.5 Å². The van der Waals surface area contributed by atoms with Gasteiger partial charge in [0.05, 0.1) is 22.0 Å². The number of nitrogens with two attached hydrogens (primary N) is 1. The van der Waals surface area contributed by atoms with E-state index in [1.807, 2.05) is 0 Å². The van der Waals surface area contributed by atoms with Crippen molar-refractivity contribution in [3.63, 3.8) is 0 Å². The molecule has 4 N–H and O–H groups in total. The molecule has 0 aliphatic carbocycles. The lowest BCUT2D eigenvalue weighted by atomic mass is 10.1. The highest BCUT2D eigenvalue weighted by molar-refractivity contribution is 6.30. The smallest absolute Gasteiger partial charge is 0.416 e. The van der Waals surface area contributed by atoms with Crippen LogP contribution in [-0.2, 0) is 6.18 Å². The Bertz CT molecular complexity index is 1520. The number of carbonyl (C=O) groups excluding carboxylic acids is 1. The van der Waals surface area contributed by atoms with E-state index in [-0.39, 0.29) is 11.4 Å². The first-order chi connectivity index (χ1) is 18.6. The third-order valence-corrected chi connectivity index (χ3v) is 5.41. The third kappa shape index (κ3) is 7.14. The van der Waals surface area contributed by atoms with Crippen LogP contribution in [0.2, 0.25) is 5.02 Å². The van der Waals surface area contributed by atoms with Gasteiger partial charge in [0.2, 0.25) is 0 Å². The molecule has 39 heavy (non-hydrogen) atoms. The van der Waals surface area contributed by atoms with Crippen molar-refractivity contribution in [3.05, 3.63) is 95.7 Å². The molecule has 0 unspecified atom stereocenters. The van der Waals surface area contributed by atoms with Gasteiger partial charge in [-0.1, -0.05) is 23.7 Å². The Morgan fingerprint density at radius 2 is 1.95 bits per heavy atom. The summed E-state index contributed by atoms with van der Waals surface area (Å²) < 4.78 is 46.4. The van der Waals surface area contributed by atoms with Crippen LogP contribution in [0.25, 0.3) is 16.8 Å². The number of allylic oxidation sites excluding steroid dienone is 1. The highest BCUT2D eigenvalue weighted by Crippen LogP contribution is 2.33. The number of aromatic nitrogens is 3. The number of benzene rings is 2. The molecule has 0 aliphatic rings. The lowest BCUT2D eigenvalue weighted by Gasteiger charge is -2.15. The minimum absolute atomic E-state index is 0.0792. The zero-order valence-electron chi connectivity index (χ0n) is 20.3. The highest BCUT2D eigenvalue weighted by Gasteiger charge is 2.31. The summed E-state index contributed by atoms with van der Waals surface area (Å²) in [6.07, 6.45) is 2.37. The van der Waals surface area contributed by atoms with Gasteiger partial charge in [0.25, 0.3) is 0 Å². The first-order valence-corrected chi connectivity index (χ1v) is 11.6. The van der Waals surface area contributed by atoms with Crippen molar-refractivity contribution in [2.75, 3.05) is 11.1 Å². The van der Waals surface area contributed by atoms with Crippen LogP contribution in [-0.4, -0.2) is 27.2 Å². The standard InChI is InChI=1S/C26H21ClF3N7O2/c1-16(13-32-15-39-20-6-3-17(4-7-20)21-12-19(27)14-33-24(21)31)35-25(38)36-22-11-18(26(28,29)30)5-8-23(22)37-10-2-9-34-37/h2-15H,1H3,(H2,31,33)(H2,35,36,38)/b16-13+,32-15?. The number of pyridine rings is 1. The van der Waals surface area contributed by atoms with Gasteiger partial charge in [-0.05, 0) is 55.0 Å². The molecule has 0 spiro atoms. The van der Waals surface area contributed by atoms with E-state index in [0.717, 1.165) is 24.1 Å². The van der Waals surface area contributed by atoms with Crippen molar-refractivity contribution < 1.29 is 22.7 Å². The summed E-state index contributed by atoms with van der Waals surface area (Å²) in [5.41, 5.74) is 6.97. The summed E-state index contributed by atoms with van der Waals surface area (Å²) in [4.78, 5) is 20.5. The quantitative estimate of drug-likeness (QED) is 0.183. The van der Waals surface area contributed by atoms with Gasteiger partial charge in [0, 0.05) is 36.1 Å². The van der Waals surface area contributed by atoms with Crippen molar-refractivity contribution in [1.82, 2.24) is 20.1 Å². The summed E-state index contributed by atoms with van der Waals surface area (Å²) in [5, 5.41) is 9.40. The molecule has 2 heterocycles. The average Bonchev–Trinajstić information content (AvgIpc) is 3.43. The number of nitrogen functional groups attached to an aromatic ring is 1. The number of urea groups is 1. The zero-order chi connectivity index (χ0) is 28.0. The zero-order valence-corrected chi connectivity index (χ0v) is 21.0. The van der Waals surface area contributed by atoms with Crippen LogP contribution in [0.3, 0.4) is 0 Å². The third-order valence-electron chi connectivity index (χ3n) is 5.20. The molecule has 0 fully saturated rings. The molecule has 2 amide bonds. The molecule has 9 nitrogen and oxygen atoms in total. The van der Waals surface area contributed by atoms with E-state index in [2.05, 4.69) is 25.7 Å². The molecule has 4 aromatic rings. The minimum atomic E-state index is -4.58. The molecule has 13 heteroatoms. The summed E-state index contributed by atoms with van der Waals surface area (Å²) in [7, 11) is 0. The SMILES string of the molecule is C/C(=C\N=COc1ccc(-c2cc(Cl)cnc2N)cc1)NC(=O)Nc1cc(C(F)(F)F)ccc1-n1cccn1. The van der Waals surface area contributed by atoms with Crippen LogP contribution < -0.4 is 21.1 Å². The number of amides is 2. The maximum atomic E-state index is 13.2. The number of nitrogens with one attached hydrogen (secondary N) is 2. The van der Waals surface area contributed by atoms with Crippen molar-refractivity contribution >= 4 is 35.5 Å². The van der Waals surface area contributed by atoms with E-state index < -0.39 is 17.8 Å². The molecule has 0 atom stereocenters. The number of nitrogens with zero attached hydrogens (tertiary/aromatic N) is 4. The lowest BCUT2D eigenvalue weighted by molar-refractivity contribution is -0.137. The number of alkyl halides is 3. The monoisotopic (exact) mass is 555 g/mol. The first-order valence-electron chi connectivity index (χ1n) is 11.3. The van der Waals surface area contributed by atoms with E-state index >= 15 is 0 Å². The van der Waals surface area contributed by atoms with Gasteiger partial charge >= 0.3 is 12.2 Å². The number of hydrogen-bond donors (Lipinski definition) is 3. The fourth-order valence-corrected chi connectivity index (χ4v) is 3.57. The fraction of sp³-hybridized carbons (Fsp3) is 0.0769. The van der Waals surface area contributed by atoms with E-state index in [9.17, 15) is 18.0 Å².